The molecule has 78 valence electrons. The van der Waals surface area contributed by atoms with Crippen LogP contribution in [0, 0.1) is 12.3 Å². The molecule has 3 N–H and O–H groups in total. The molecular formula is C12H13NO2. The molecule has 0 spiro atoms. The molecule has 1 atom stereocenters. The highest BCUT2D eigenvalue weighted by Gasteiger charge is 2.12. The molecule has 1 rings (SSSR count). The third kappa shape index (κ3) is 3.45. The van der Waals surface area contributed by atoms with Crippen LogP contribution in [0.5, 0.6) is 5.75 Å². The molecule has 0 fully saturated rings. The van der Waals surface area contributed by atoms with Crippen molar-refractivity contribution in [3.8, 4) is 18.1 Å². The molecule has 0 radical (unpaired) electrons. The number of Topliss-reactive ketones (excluding diaryl/α,β-unsaturated/α-hetero) is 1. The van der Waals surface area contributed by atoms with Gasteiger partial charge in [0, 0.05) is 12.8 Å². The fourth-order valence-electron chi connectivity index (χ4n) is 1.19. The summed E-state index contributed by atoms with van der Waals surface area (Å²) >= 11 is 0. The SMILES string of the molecule is C#CCC(N)C(=O)Cc1ccc(O)cc1. The van der Waals surface area contributed by atoms with Crippen molar-refractivity contribution in [3.05, 3.63) is 29.8 Å². The number of hydrogen-bond acceptors (Lipinski definition) is 3. The molecule has 0 amide bonds. The van der Waals surface area contributed by atoms with Gasteiger partial charge in [-0.05, 0) is 17.7 Å². The van der Waals surface area contributed by atoms with Gasteiger partial charge in [0.25, 0.3) is 0 Å². The summed E-state index contributed by atoms with van der Waals surface area (Å²) in [6.45, 7) is 0. The van der Waals surface area contributed by atoms with Crippen molar-refractivity contribution in [3.63, 3.8) is 0 Å². The molecule has 0 aliphatic heterocycles. The lowest BCUT2D eigenvalue weighted by Crippen LogP contribution is -2.31. The van der Waals surface area contributed by atoms with E-state index in [9.17, 15) is 4.79 Å². The molecule has 1 aromatic rings. The number of aromatic hydroxyl groups is 1. The number of rotatable bonds is 4. The Morgan fingerprint density at radius 1 is 1.47 bits per heavy atom. The number of phenolic OH excluding ortho intramolecular Hbond substituents is 1. The number of nitrogens with two attached hydrogens (primary N) is 1. The van der Waals surface area contributed by atoms with E-state index in [0.717, 1.165) is 5.56 Å². The maximum Gasteiger partial charge on any atom is 0.154 e. The second-order valence-electron chi connectivity index (χ2n) is 3.32. The summed E-state index contributed by atoms with van der Waals surface area (Å²) < 4.78 is 0. The first-order valence-corrected chi connectivity index (χ1v) is 4.63. The van der Waals surface area contributed by atoms with Gasteiger partial charge in [-0.25, -0.2) is 0 Å². The zero-order valence-corrected chi connectivity index (χ0v) is 8.31. The predicted octanol–water partition coefficient (Wildman–Crippen LogP) is 0.854. The topological polar surface area (TPSA) is 63.3 Å². The molecule has 0 heterocycles. The molecule has 0 aliphatic rings. The maximum atomic E-state index is 11.5. The van der Waals surface area contributed by atoms with Crippen molar-refractivity contribution in [1.29, 1.82) is 0 Å². The summed E-state index contributed by atoms with van der Waals surface area (Å²) in [5.74, 6) is 2.45. The minimum atomic E-state index is -0.594. The van der Waals surface area contributed by atoms with E-state index >= 15 is 0 Å². The Bertz CT molecular complexity index is 376. The fourth-order valence-corrected chi connectivity index (χ4v) is 1.19. The lowest BCUT2D eigenvalue weighted by atomic mass is 10.0. The minimum absolute atomic E-state index is 0.0846. The van der Waals surface area contributed by atoms with Crippen LogP contribution in [0.25, 0.3) is 0 Å². The smallest absolute Gasteiger partial charge is 0.154 e. The molecular weight excluding hydrogens is 190 g/mol. The van der Waals surface area contributed by atoms with Gasteiger partial charge in [0.2, 0.25) is 0 Å². The van der Waals surface area contributed by atoms with Gasteiger partial charge in [-0.15, -0.1) is 12.3 Å². The molecule has 0 saturated heterocycles. The first-order valence-electron chi connectivity index (χ1n) is 4.63. The van der Waals surface area contributed by atoms with Crippen LogP contribution in [0.2, 0.25) is 0 Å². The monoisotopic (exact) mass is 203 g/mol. The lowest BCUT2D eigenvalue weighted by Gasteiger charge is -2.06. The van der Waals surface area contributed by atoms with Crippen LogP contribution < -0.4 is 5.73 Å². The van der Waals surface area contributed by atoms with Crippen LogP contribution in [-0.2, 0) is 11.2 Å². The number of benzene rings is 1. The molecule has 0 bridgehead atoms. The molecule has 0 aliphatic carbocycles. The van der Waals surface area contributed by atoms with Gasteiger partial charge in [0.05, 0.1) is 6.04 Å². The second-order valence-corrected chi connectivity index (χ2v) is 3.32. The normalized spacial score (nSPS) is 11.7. The average molecular weight is 203 g/mol. The van der Waals surface area contributed by atoms with Crippen molar-refractivity contribution in [1.82, 2.24) is 0 Å². The molecule has 0 saturated carbocycles. The summed E-state index contributed by atoms with van der Waals surface area (Å²) in [5, 5.41) is 9.05. The van der Waals surface area contributed by atoms with Crippen LogP contribution in [-0.4, -0.2) is 16.9 Å². The average Bonchev–Trinajstić information content (AvgIpc) is 2.22. The summed E-state index contributed by atoms with van der Waals surface area (Å²) in [7, 11) is 0. The first-order chi connectivity index (χ1) is 7.13. The van der Waals surface area contributed by atoms with E-state index in [1.54, 1.807) is 12.1 Å². The van der Waals surface area contributed by atoms with E-state index in [4.69, 9.17) is 17.3 Å². The molecule has 15 heavy (non-hydrogen) atoms. The van der Waals surface area contributed by atoms with Crippen molar-refractivity contribution < 1.29 is 9.90 Å². The standard InChI is InChI=1S/C12H13NO2/c1-2-3-11(13)12(15)8-9-4-6-10(14)7-5-9/h1,4-7,11,14H,3,8,13H2. The van der Waals surface area contributed by atoms with E-state index in [0.29, 0.717) is 0 Å². The molecule has 1 aromatic carbocycles. The molecule has 1 unspecified atom stereocenters. The van der Waals surface area contributed by atoms with Crippen LogP contribution in [0.15, 0.2) is 24.3 Å². The van der Waals surface area contributed by atoms with E-state index < -0.39 is 6.04 Å². The Labute approximate surface area is 88.9 Å². The summed E-state index contributed by atoms with van der Waals surface area (Å²) in [6, 6.07) is 5.86. The molecule has 3 heteroatoms. The Kier molecular flexibility index (Phi) is 3.90. The third-order valence-electron chi connectivity index (χ3n) is 2.07. The minimum Gasteiger partial charge on any atom is -0.508 e. The Morgan fingerprint density at radius 3 is 2.60 bits per heavy atom. The highest BCUT2D eigenvalue weighted by atomic mass is 16.3. The van der Waals surface area contributed by atoms with Gasteiger partial charge in [-0.1, -0.05) is 12.1 Å². The Balaban J connectivity index is 2.59. The van der Waals surface area contributed by atoms with Gasteiger partial charge >= 0.3 is 0 Å². The number of ketones is 1. The number of carbonyl (C=O) groups excluding carboxylic acids is 1. The number of terminal acetylenes is 1. The first kappa shape index (κ1) is 11.3. The van der Waals surface area contributed by atoms with Crippen molar-refractivity contribution in [2.45, 2.75) is 18.9 Å². The van der Waals surface area contributed by atoms with Crippen LogP contribution in [0.4, 0.5) is 0 Å². The van der Waals surface area contributed by atoms with Crippen LogP contribution >= 0.6 is 0 Å². The van der Waals surface area contributed by atoms with Crippen LogP contribution in [0.1, 0.15) is 12.0 Å². The summed E-state index contributed by atoms with van der Waals surface area (Å²) in [4.78, 5) is 11.5. The number of carbonyl (C=O) groups is 1. The molecule has 3 nitrogen and oxygen atoms in total. The zero-order valence-electron chi connectivity index (χ0n) is 8.31. The van der Waals surface area contributed by atoms with Gasteiger partial charge in [-0.2, -0.15) is 0 Å². The van der Waals surface area contributed by atoms with E-state index in [1.165, 1.54) is 12.1 Å². The van der Waals surface area contributed by atoms with E-state index in [2.05, 4.69) is 5.92 Å². The van der Waals surface area contributed by atoms with E-state index in [-0.39, 0.29) is 24.4 Å². The summed E-state index contributed by atoms with van der Waals surface area (Å²) in [5.41, 5.74) is 6.39. The second kappa shape index (κ2) is 5.18. The zero-order chi connectivity index (χ0) is 11.3. The third-order valence-corrected chi connectivity index (χ3v) is 2.07. The summed E-state index contributed by atoms with van der Waals surface area (Å²) in [6.07, 6.45) is 5.58. The van der Waals surface area contributed by atoms with Crippen molar-refractivity contribution >= 4 is 5.78 Å². The highest BCUT2D eigenvalue weighted by molar-refractivity contribution is 5.86. The predicted molar refractivity (Wildman–Crippen MR) is 58.2 cm³/mol. The lowest BCUT2D eigenvalue weighted by molar-refractivity contribution is -0.119. The van der Waals surface area contributed by atoms with Crippen molar-refractivity contribution in [2.75, 3.05) is 0 Å². The quantitative estimate of drug-likeness (QED) is 0.713. The van der Waals surface area contributed by atoms with Gasteiger partial charge in [0.1, 0.15) is 5.75 Å². The fraction of sp³-hybridized carbons (Fsp3) is 0.250. The Hall–Kier alpha value is -1.79. The number of phenols is 1. The van der Waals surface area contributed by atoms with Crippen molar-refractivity contribution in [2.24, 2.45) is 5.73 Å². The maximum absolute atomic E-state index is 11.5. The van der Waals surface area contributed by atoms with Gasteiger partial charge < -0.3 is 10.8 Å². The largest absolute Gasteiger partial charge is 0.508 e. The number of hydrogen-bond donors (Lipinski definition) is 2. The molecule has 0 aromatic heterocycles. The van der Waals surface area contributed by atoms with Gasteiger partial charge in [-0.3, -0.25) is 4.79 Å². The van der Waals surface area contributed by atoms with E-state index in [1.807, 2.05) is 0 Å². The highest BCUT2D eigenvalue weighted by Crippen LogP contribution is 2.10. The van der Waals surface area contributed by atoms with Gasteiger partial charge in [0.15, 0.2) is 5.78 Å². The van der Waals surface area contributed by atoms with Crippen LogP contribution in [0.3, 0.4) is 0 Å². The Morgan fingerprint density at radius 2 is 2.07 bits per heavy atom.